The van der Waals surface area contributed by atoms with Crippen LogP contribution in [0, 0.1) is 5.92 Å². The summed E-state index contributed by atoms with van der Waals surface area (Å²) < 4.78 is 15.9. The first-order chi connectivity index (χ1) is 13.6. The highest BCUT2D eigenvalue weighted by Gasteiger charge is 2.37. The maximum atomic E-state index is 13.0. The first-order valence-electron chi connectivity index (χ1n) is 9.42. The topological polar surface area (TPSA) is 85.1 Å². The van der Waals surface area contributed by atoms with E-state index in [0.29, 0.717) is 11.6 Å². The van der Waals surface area contributed by atoms with Gasteiger partial charge in [-0.15, -0.1) is 0 Å². The van der Waals surface area contributed by atoms with Crippen molar-refractivity contribution in [1.82, 2.24) is 9.88 Å². The molecule has 3 saturated heterocycles. The predicted octanol–water partition coefficient (Wildman–Crippen LogP) is 2.70. The van der Waals surface area contributed by atoms with E-state index in [4.69, 9.17) is 9.15 Å². The van der Waals surface area contributed by atoms with Crippen molar-refractivity contribution < 1.29 is 23.5 Å². The Balaban J connectivity index is 1.51. The molecule has 0 aliphatic carbocycles. The molecule has 8 heteroatoms. The quantitative estimate of drug-likeness (QED) is 0.732. The standard InChI is InChI=1S/C20H23N3O5/c1-26-19(24)16-13-27-18(21-16)12-23(15-5-3-2-4-6-15)20(25)28-17-11-22-9-7-14(17)8-10-22/h2-6,13-14,17H,7-12H2,1H3. The summed E-state index contributed by atoms with van der Waals surface area (Å²) in [6.45, 7) is 2.99. The molecule has 2 bridgehead atoms. The smallest absolute Gasteiger partial charge is 0.415 e. The minimum Gasteiger partial charge on any atom is -0.464 e. The van der Waals surface area contributed by atoms with Gasteiger partial charge < -0.3 is 13.9 Å². The van der Waals surface area contributed by atoms with Crippen molar-refractivity contribution in [2.24, 2.45) is 5.92 Å². The third-order valence-corrected chi connectivity index (χ3v) is 5.38. The van der Waals surface area contributed by atoms with Crippen LogP contribution < -0.4 is 4.90 Å². The van der Waals surface area contributed by atoms with E-state index in [0.717, 1.165) is 32.5 Å². The van der Waals surface area contributed by atoms with Gasteiger partial charge in [-0.25, -0.2) is 14.6 Å². The molecule has 4 heterocycles. The number of rotatable bonds is 5. The molecule has 5 rings (SSSR count). The second-order valence-corrected chi connectivity index (χ2v) is 7.10. The molecule has 3 fully saturated rings. The average molecular weight is 385 g/mol. The lowest BCUT2D eigenvalue weighted by Gasteiger charge is -2.44. The lowest BCUT2D eigenvalue weighted by molar-refractivity contribution is -0.0312. The molecule has 148 valence electrons. The molecule has 8 nitrogen and oxygen atoms in total. The Morgan fingerprint density at radius 1 is 1.25 bits per heavy atom. The van der Waals surface area contributed by atoms with Crippen LogP contribution in [0.25, 0.3) is 0 Å². The van der Waals surface area contributed by atoms with Crippen molar-refractivity contribution in [2.45, 2.75) is 25.5 Å². The second kappa shape index (κ2) is 8.02. The zero-order valence-corrected chi connectivity index (χ0v) is 15.7. The number of carbonyl (C=O) groups excluding carboxylic acids is 2. The number of benzene rings is 1. The molecular weight excluding hydrogens is 362 g/mol. The van der Waals surface area contributed by atoms with E-state index >= 15 is 0 Å². The van der Waals surface area contributed by atoms with E-state index in [1.54, 1.807) is 0 Å². The van der Waals surface area contributed by atoms with Crippen LogP contribution in [0.3, 0.4) is 0 Å². The lowest BCUT2D eigenvalue weighted by atomic mass is 9.86. The van der Waals surface area contributed by atoms with Gasteiger partial charge >= 0.3 is 12.1 Å². The van der Waals surface area contributed by atoms with Gasteiger partial charge in [-0.1, -0.05) is 18.2 Å². The number of carbonyl (C=O) groups is 2. The number of amides is 1. The Morgan fingerprint density at radius 3 is 2.64 bits per heavy atom. The maximum absolute atomic E-state index is 13.0. The highest BCUT2D eigenvalue weighted by Crippen LogP contribution is 2.30. The Kier molecular flexibility index (Phi) is 5.29. The normalized spacial score (nSPS) is 23.2. The highest BCUT2D eigenvalue weighted by atomic mass is 16.6. The molecule has 1 aromatic carbocycles. The number of fused-ring (bicyclic) bond motifs is 3. The number of esters is 1. The molecule has 1 aromatic heterocycles. The van der Waals surface area contributed by atoms with E-state index < -0.39 is 12.1 Å². The number of oxazole rings is 1. The first-order valence-corrected chi connectivity index (χ1v) is 9.42. The molecule has 0 radical (unpaired) electrons. The summed E-state index contributed by atoms with van der Waals surface area (Å²) in [6.07, 6.45) is 2.80. The van der Waals surface area contributed by atoms with E-state index in [2.05, 4.69) is 14.6 Å². The maximum Gasteiger partial charge on any atom is 0.415 e. The Morgan fingerprint density at radius 2 is 2.00 bits per heavy atom. The summed E-state index contributed by atoms with van der Waals surface area (Å²) >= 11 is 0. The number of para-hydroxylation sites is 1. The third kappa shape index (κ3) is 3.87. The van der Waals surface area contributed by atoms with Crippen molar-refractivity contribution in [3.05, 3.63) is 48.2 Å². The van der Waals surface area contributed by atoms with Crippen LogP contribution in [0.5, 0.6) is 0 Å². The Labute approximate surface area is 163 Å². The summed E-state index contributed by atoms with van der Waals surface area (Å²) in [4.78, 5) is 32.5. The van der Waals surface area contributed by atoms with Crippen LogP contribution in [0.15, 0.2) is 41.0 Å². The molecule has 0 saturated carbocycles. The number of piperidine rings is 3. The third-order valence-electron chi connectivity index (χ3n) is 5.38. The van der Waals surface area contributed by atoms with Crippen LogP contribution in [0.4, 0.5) is 10.5 Å². The Hall–Kier alpha value is -2.87. The highest BCUT2D eigenvalue weighted by molar-refractivity contribution is 5.88. The molecule has 1 unspecified atom stereocenters. The Bertz CT molecular complexity index is 829. The van der Waals surface area contributed by atoms with Crippen molar-refractivity contribution in [2.75, 3.05) is 31.6 Å². The molecule has 1 atom stereocenters. The van der Waals surface area contributed by atoms with Crippen molar-refractivity contribution in [1.29, 1.82) is 0 Å². The molecule has 0 N–H and O–H groups in total. The molecule has 28 heavy (non-hydrogen) atoms. The largest absolute Gasteiger partial charge is 0.464 e. The summed E-state index contributed by atoms with van der Waals surface area (Å²) in [6, 6.07) is 9.21. The van der Waals surface area contributed by atoms with Crippen LogP contribution in [-0.2, 0) is 16.0 Å². The van der Waals surface area contributed by atoms with Crippen LogP contribution in [0.2, 0.25) is 0 Å². The van der Waals surface area contributed by atoms with Gasteiger partial charge in [0, 0.05) is 12.2 Å². The average Bonchev–Trinajstić information content (AvgIpc) is 3.21. The number of anilines is 1. The fourth-order valence-corrected chi connectivity index (χ4v) is 3.82. The van der Waals surface area contributed by atoms with Crippen molar-refractivity contribution >= 4 is 17.7 Å². The fraction of sp³-hybridized carbons (Fsp3) is 0.450. The summed E-state index contributed by atoms with van der Waals surface area (Å²) in [5, 5.41) is 0. The minimum atomic E-state index is -0.587. The van der Waals surface area contributed by atoms with Gasteiger partial charge in [0.05, 0.1) is 7.11 Å². The fourth-order valence-electron chi connectivity index (χ4n) is 3.82. The van der Waals surface area contributed by atoms with Crippen LogP contribution in [-0.4, -0.2) is 54.8 Å². The predicted molar refractivity (Wildman–Crippen MR) is 99.9 cm³/mol. The number of hydrogen-bond donors (Lipinski definition) is 0. The number of nitrogens with zero attached hydrogens (tertiary/aromatic N) is 3. The second-order valence-electron chi connectivity index (χ2n) is 7.10. The number of ether oxygens (including phenoxy) is 2. The van der Waals surface area contributed by atoms with Crippen molar-refractivity contribution in [3.8, 4) is 0 Å². The zero-order valence-electron chi connectivity index (χ0n) is 15.7. The minimum absolute atomic E-state index is 0.0565. The number of hydrogen-bond acceptors (Lipinski definition) is 7. The van der Waals surface area contributed by atoms with Crippen LogP contribution in [0.1, 0.15) is 29.2 Å². The first kappa shape index (κ1) is 18.5. The van der Waals surface area contributed by atoms with Gasteiger partial charge in [-0.3, -0.25) is 9.80 Å². The molecule has 2 aromatic rings. The van der Waals surface area contributed by atoms with Crippen molar-refractivity contribution in [3.63, 3.8) is 0 Å². The summed E-state index contributed by atoms with van der Waals surface area (Å²) in [5.74, 6) is 0.0606. The summed E-state index contributed by atoms with van der Waals surface area (Å²) in [7, 11) is 1.28. The van der Waals surface area contributed by atoms with E-state index in [9.17, 15) is 9.59 Å². The number of methoxy groups -OCH3 is 1. The SMILES string of the molecule is COC(=O)c1coc(CN(C(=O)OC2CN3CCC2CC3)c2ccccc2)n1. The molecule has 1 amide bonds. The van der Waals surface area contributed by atoms with E-state index in [1.165, 1.54) is 18.3 Å². The van der Waals surface area contributed by atoms with Crippen LogP contribution >= 0.6 is 0 Å². The van der Waals surface area contributed by atoms with Gasteiger partial charge in [0.2, 0.25) is 5.89 Å². The van der Waals surface area contributed by atoms with E-state index in [-0.39, 0.29) is 24.2 Å². The van der Waals surface area contributed by atoms with Gasteiger partial charge in [-0.2, -0.15) is 0 Å². The molecule has 3 aliphatic heterocycles. The summed E-state index contributed by atoms with van der Waals surface area (Å²) in [5.41, 5.74) is 0.739. The number of aromatic nitrogens is 1. The molecular formula is C20H23N3O5. The van der Waals surface area contributed by atoms with Gasteiger partial charge in [0.1, 0.15) is 18.9 Å². The molecule has 3 aliphatic rings. The van der Waals surface area contributed by atoms with E-state index in [1.807, 2.05) is 30.3 Å². The monoisotopic (exact) mass is 385 g/mol. The van der Waals surface area contributed by atoms with Gasteiger partial charge in [0.25, 0.3) is 0 Å². The lowest BCUT2D eigenvalue weighted by Crippen LogP contribution is -2.53. The van der Waals surface area contributed by atoms with Gasteiger partial charge in [-0.05, 0) is 44.0 Å². The van der Waals surface area contributed by atoms with Gasteiger partial charge in [0.15, 0.2) is 5.69 Å². The molecule has 0 spiro atoms. The zero-order chi connectivity index (χ0) is 19.5.